The van der Waals surface area contributed by atoms with Crippen molar-refractivity contribution in [3.8, 4) is 0 Å². The highest BCUT2D eigenvalue weighted by Crippen LogP contribution is 2.22. The van der Waals surface area contributed by atoms with Crippen molar-refractivity contribution >= 4 is 21.7 Å². The maximum Gasteiger partial charge on any atom is 0.141 e. The lowest BCUT2D eigenvalue weighted by molar-refractivity contribution is -0.120. The van der Waals surface area contributed by atoms with E-state index in [0.717, 1.165) is 35.3 Å². The van der Waals surface area contributed by atoms with Gasteiger partial charge >= 0.3 is 0 Å². The van der Waals surface area contributed by atoms with Gasteiger partial charge in [0, 0.05) is 26.5 Å². The number of hydrogen-bond donors (Lipinski definition) is 0. The number of carbonyl (C=O) groups is 1. The summed E-state index contributed by atoms with van der Waals surface area (Å²) in [6, 6.07) is 0. The summed E-state index contributed by atoms with van der Waals surface area (Å²) in [5.74, 6) is 0.223. The second kappa shape index (κ2) is 5.31. The monoisotopic (exact) mass is 300 g/mol. The Bertz CT molecular complexity index is 422. The van der Waals surface area contributed by atoms with Crippen LogP contribution >= 0.6 is 15.9 Å². The predicted octanol–water partition coefficient (Wildman–Crippen LogP) is 2.17. The third-order valence-corrected chi connectivity index (χ3v) is 4.14. The van der Waals surface area contributed by atoms with Gasteiger partial charge < -0.3 is 4.74 Å². The minimum Gasteiger partial charge on any atom is -0.378 e. The molecule has 4 nitrogen and oxygen atoms in total. The van der Waals surface area contributed by atoms with Gasteiger partial charge in [0.15, 0.2) is 0 Å². The fraction of sp³-hybridized carbons (Fsp3) is 0.667. The molecule has 1 aromatic heterocycles. The minimum atomic E-state index is 0.135. The number of Topliss-reactive ketones (excluding diaryl/α,β-unsaturated/α-hetero) is 1. The van der Waals surface area contributed by atoms with E-state index in [4.69, 9.17) is 4.74 Å². The lowest BCUT2D eigenvalue weighted by Gasteiger charge is -2.08. The Balaban J connectivity index is 1.97. The van der Waals surface area contributed by atoms with Crippen LogP contribution < -0.4 is 0 Å². The van der Waals surface area contributed by atoms with Crippen molar-refractivity contribution in [2.75, 3.05) is 6.61 Å². The van der Waals surface area contributed by atoms with Gasteiger partial charge in [0.1, 0.15) is 5.78 Å². The minimum absolute atomic E-state index is 0.135. The molecule has 0 aromatic carbocycles. The molecule has 0 N–H and O–H groups in total. The first kappa shape index (κ1) is 12.8. The molecule has 94 valence electrons. The number of ketones is 1. The number of rotatable bonds is 4. The van der Waals surface area contributed by atoms with Crippen molar-refractivity contribution in [3.05, 3.63) is 15.9 Å². The highest BCUT2D eigenvalue weighted by molar-refractivity contribution is 9.10. The van der Waals surface area contributed by atoms with Crippen molar-refractivity contribution in [3.63, 3.8) is 0 Å². The number of ether oxygens (including phenoxy) is 1. The summed E-state index contributed by atoms with van der Waals surface area (Å²) in [6.45, 7) is 2.73. The van der Waals surface area contributed by atoms with Gasteiger partial charge in [-0.3, -0.25) is 9.48 Å². The summed E-state index contributed by atoms with van der Waals surface area (Å²) in [5.41, 5.74) is 1.87. The van der Waals surface area contributed by atoms with Gasteiger partial charge in [0.2, 0.25) is 0 Å². The molecular weight excluding hydrogens is 284 g/mol. The highest BCUT2D eigenvalue weighted by Gasteiger charge is 2.21. The van der Waals surface area contributed by atoms with Crippen LogP contribution in [0.3, 0.4) is 0 Å². The number of hydrogen-bond acceptors (Lipinski definition) is 3. The molecule has 5 heteroatoms. The van der Waals surface area contributed by atoms with Gasteiger partial charge in [-0.1, -0.05) is 0 Å². The van der Waals surface area contributed by atoms with Crippen LogP contribution in [-0.2, 0) is 23.0 Å². The average Bonchev–Trinajstić information content (AvgIpc) is 2.83. The largest absolute Gasteiger partial charge is 0.378 e. The van der Waals surface area contributed by atoms with E-state index in [1.165, 1.54) is 0 Å². The van der Waals surface area contributed by atoms with Gasteiger partial charge in [0.25, 0.3) is 0 Å². The molecule has 1 unspecified atom stereocenters. The number of carbonyl (C=O) groups excluding carboxylic acids is 1. The maximum absolute atomic E-state index is 11.9. The van der Waals surface area contributed by atoms with Crippen LogP contribution in [0.2, 0.25) is 0 Å². The van der Waals surface area contributed by atoms with Crippen LogP contribution in [0.15, 0.2) is 4.47 Å². The van der Waals surface area contributed by atoms with Crippen LogP contribution in [0.5, 0.6) is 0 Å². The first-order valence-corrected chi connectivity index (χ1v) is 6.68. The topological polar surface area (TPSA) is 44.1 Å². The number of halogens is 1. The van der Waals surface area contributed by atoms with E-state index in [0.29, 0.717) is 12.8 Å². The van der Waals surface area contributed by atoms with Crippen LogP contribution in [-0.4, -0.2) is 28.3 Å². The third kappa shape index (κ3) is 2.96. The molecule has 0 radical (unpaired) electrons. The Morgan fingerprint density at radius 3 is 2.94 bits per heavy atom. The van der Waals surface area contributed by atoms with Gasteiger partial charge in [0.05, 0.1) is 22.0 Å². The molecule has 0 spiro atoms. The Morgan fingerprint density at radius 1 is 1.65 bits per heavy atom. The van der Waals surface area contributed by atoms with Gasteiger partial charge in [-0.05, 0) is 35.7 Å². The maximum atomic E-state index is 11.9. The van der Waals surface area contributed by atoms with E-state index in [1.54, 1.807) is 4.68 Å². The fourth-order valence-electron chi connectivity index (χ4n) is 2.19. The molecule has 0 aliphatic carbocycles. The van der Waals surface area contributed by atoms with E-state index in [-0.39, 0.29) is 11.9 Å². The molecule has 1 aliphatic heterocycles. The smallest absolute Gasteiger partial charge is 0.141 e. The third-order valence-electron chi connectivity index (χ3n) is 3.11. The van der Waals surface area contributed by atoms with Crippen molar-refractivity contribution in [2.45, 2.75) is 38.7 Å². The molecule has 0 bridgehead atoms. The molecule has 1 aliphatic rings. The van der Waals surface area contributed by atoms with Crippen molar-refractivity contribution in [1.82, 2.24) is 9.78 Å². The Labute approximate surface area is 109 Å². The Hall–Kier alpha value is -0.680. The Morgan fingerprint density at radius 2 is 2.41 bits per heavy atom. The summed E-state index contributed by atoms with van der Waals surface area (Å²) in [7, 11) is 1.87. The number of nitrogens with zero attached hydrogens (tertiary/aromatic N) is 2. The van der Waals surface area contributed by atoms with Gasteiger partial charge in [-0.25, -0.2) is 0 Å². The van der Waals surface area contributed by atoms with Crippen LogP contribution in [0.4, 0.5) is 0 Å². The molecule has 1 aromatic rings. The molecule has 0 saturated carbocycles. The first-order chi connectivity index (χ1) is 8.08. The lowest BCUT2D eigenvalue weighted by Crippen LogP contribution is -2.15. The second-order valence-corrected chi connectivity index (χ2v) is 5.32. The van der Waals surface area contributed by atoms with Crippen LogP contribution in [0.1, 0.15) is 30.7 Å². The van der Waals surface area contributed by atoms with Gasteiger partial charge in [-0.2, -0.15) is 5.10 Å². The van der Waals surface area contributed by atoms with Crippen LogP contribution in [0.25, 0.3) is 0 Å². The summed E-state index contributed by atoms with van der Waals surface area (Å²) >= 11 is 3.48. The molecule has 1 saturated heterocycles. The zero-order chi connectivity index (χ0) is 12.4. The van der Waals surface area contributed by atoms with Gasteiger partial charge in [-0.15, -0.1) is 0 Å². The van der Waals surface area contributed by atoms with Crippen molar-refractivity contribution in [2.24, 2.45) is 7.05 Å². The molecule has 2 rings (SSSR count). The second-order valence-electron chi connectivity index (χ2n) is 4.52. The Kier molecular flexibility index (Phi) is 3.99. The standard InChI is InChI=1S/C12H17BrN2O2/c1-8-12(13)11(15(2)14-8)7-9(16)6-10-4-3-5-17-10/h10H,3-7H2,1-2H3. The molecule has 2 heterocycles. The number of aromatic nitrogens is 2. The highest BCUT2D eigenvalue weighted by atomic mass is 79.9. The number of aryl methyl sites for hydroxylation is 2. The summed E-state index contributed by atoms with van der Waals surface area (Å²) in [5, 5.41) is 4.28. The predicted molar refractivity (Wildman–Crippen MR) is 67.9 cm³/mol. The molecular formula is C12H17BrN2O2. The summed E-state index contributed by atoms with van der Waals surface area (Å²) in [4.78, 5) is 11.9. The van der Waals surface area contributed by atoms with Crippen molar-refractivity contribution < 1.29 is 9.53 Å². The van der Waals surface area contributed by atoms with Crippen molar-refractivity contribution in [1.29, 1.82) is 0 Å². The quantitative estimate of drug-likeness (QED) is 0.856. The SMILES string of the molecule is Cc1nn(C)c(CC(=O)CC2CCCO2)c1Br. The fourth-order valence-corrected chi connectivity index (χ4v) is 2.67. The van der Waals surface area contributed by atoms with E-state index in [1.807, 2.05) is 14.0 Å². The average molecular weight is 301 g/mol. The molecule has 1 atom stereocenters. The normalized spacial score (nSPS) is 19.8. The molecule has 0 amide bonds. The van der Waals surface area contributed by atoms with E-state index >= 15 is 0 Å². The zero-order valence-electron chi connectivity index (χ0n) is 10.2. The van der Waals surface area contributed by atoms with E-state index in [9.17, 15) is 4.79 Å². The zero-order valence-corrected chi connectivity index (χ0v) is 11.8. The molecule has 17 heavy (non-hydrogen) atoms. The lowest BCUT2D eigenvalue weighted by atomic mass is 10.1. The van der Waals surface area contributed by atoms with E-state index < -0.39 is 0 Å². The summed E-state index contributed by atoms with van der Waals surface area (Å²) in [6.07, 6.45) is 3.17. The van der Waals surface area contributed by atoms with E-state index in [2.05, 4.69) is 21.0 Å². The summed E-state index contributed by atoms with van der Waals surface area (Å²) < 4.78 is 8.19. The van der Waals surface area contributed by atoms with Crippen LogP contribution in [0, 0.1) is 6.92 Å². The first-order valence-electron chi connectivity index (χ1n) is 5.89. The molecule has 1 fully saturated rings.